The molecule has 2 heterocycles. The van der Waals surface area contributed by atoms with Gasteiger partial charge in [0.15, 0.2) is 17.6 Å². The highest BCUT2D eigenvalue weighted by atomic mass is 16.6. The molecule has 0 saturated heterocycles. The van der Waals surface area contributed by atoms with Crippen molar-refractivity contribution in [2.45, 2.75) is 19.4 Å². The van der Waals surface area contributed by atoms with Crippen LogP contribution in [-0.2, 0) is 11.2 Å². The summed E-state index contributed by atoms with van der Waals surface area (Å²) in [7, 11) is 0. The van der Waals surface area contributed by atoms with E-state index in [2.05, 4.69) is 4.98 Å². The molecule has 1 aromatic heterocycles. The van der Waals surface area contributed by atoms with Gasteiger partial charge in [-0.25, -0.2) is 4.98 Å². The number of rotatable bonds is 6. The summed E-state index contributed by atoms with van der Waals surface area (Å²) >= 11 is 0. The minimum atomic E-state index is -0.198. The van der Waals surface area contributed by atoms with E-state index in [0.717, 1.165) is 11.3 Å². The molecule has 0 N–H and O–H groups in total. The van der Waals surface area contributed by atoms with Crippen molar-refractivity contribution in [2.24, 2.45) is 0 Å². The summed E-state index contributed by atoms with van der Waals surface area (Å²) < 4.78 is 17.2. The third-order valence-electron chi connectivity index (χ3n) is 4.63. The largest absolute Gasteiger partial charge is 0.486 e. The molecule has 4 rings (SSSR count). The van der Waals surface area contributed by atoms with Crippen molar-refractivity contribution in [3.8, 4) is 23.0 Å². The monoisotopic (exact) mass is 378 g/mol. The lowest BCUT2D eigenvalue weighted by Gasteiger charge is -2.30. The van der Waals surface area contributed by atoms with Gasteiger partial charge in [0.2, 0.25) is 11.8 Å². The zero-order valence-electron chi connectivity index (χ0n) is 15.7. The van der Waals surface area contributed by atoms with Crippen LogP contribution in [0.5, 0.6) is 11.5 Å². The number of fused-ring (bicyclic) bond motifs is 1. The SMILES string of the molecule is CCN(CC1COc2ccccc2O1)C(=O)Cc1coc(-c2ccccc2)n1. The van der Waals surface area contributed by atoms with Crippen LogP contribution in [0.4, 0.5) is 0 Å². The highest BCUT2D eigenvalue weighted by Gasteiger charge is 2.25. The summed E-state index contributed by atoms with van der Waals surface area (Å²) in [6.45, 7) is 3.42. The fourth-order valence-electron chi connectivity index (χ4n) is 3.17. The van der Waals surface area contributed by atoms with Gasteiger partial charge in [-0.05, 0) is 31.2 Å². The molecule has 1 aliphatic heterocycles. The molecule has 3 aromatic rings. The number of aromatic nitrogens is 1. The van der Waals surface area contributed by atoms with E-state index in [0.29, 0.717) is 37.0 Å². The van der Waals surface area contributed by atoms with Crippen LogP contribution >= 0.6 is 0 Å². The Kier molecular flexibility index (Phi) is 5.28. The molecular formula is C22H22N2O4. The van der Waals surface area contributed by atoms with Crippen LogP contribution < -0.4 is 9.47 Å². The molecule has 0 radical (unpaired) electrons. The second-order valence-corrected chi connectivity index (χ2v) is 6.62. The van der Waals surface area contributed by atoms with Gasteiger partial charge in [0, 0.05) is 12.1 Å². The average Bonchev–Trinajstić information content (AvgIpc) is 3.21. The molecule has 28 heavy (non-hydrogen) atoms. The van der Waals surface area contributed by atoms with Crippen molar-refractivity contribution < 1.29 is 18.7 Å². The topological polar surface area (TPSA) is 64.8 Å². The minimum Gasteiger partial charge on any atom is -0.486 e. The van der Waals surface area contributed by atoms with Crippen molar-refractivity contribution in [1.29, 1.82) is 0 Å². The second-order valence-electron chi connectivity index (χ2n) is 6.62. The lowest BCUT2D eigenvalue weighted by Crippen LogP contribution is -2.44. The van der Waals surface area contributed by atoms with Crippen molar-refractivity contribution in [1.82, 2.24) is 9.88 Å². The van der Waals surface area contributed by atoms with Crippen molar-refractivity contribution in [3.05, 3.63) is 66.6 Å². The van der Waals surface area contributed by atoms with E-state index >= 15 is 0 Å². The van der Waals surface area contributed by atoms with Crippen LogP contribution in [0.25, 0.3) is 11.5 Å². The van der Waals surface area contributed by atoms with E-state index in [1.54, 1.807) is 11.2 Å². The Labute approximate surface area is 163 Å². The van der Waals surface area contributed by atoms with Crippen LogP contribution in [0, 0.1) is 0 Å². The molecular weight excluding hydrogens is 356 g/mol. The molecule has 2 aromatic carbocycles. The van der Waals surface area contributed by atoms with Gasteiger partial charge in [-0.15, -0.1) is 0 Å². The van der Waals surface area contributed by atoms with Crippen molar-refractivity contribution in [2.75, 3.05) is 19.7 Å². The quantitative estimate of drug-likeness (QED) is 0.656. The summed E-state index contributed by atoms with van der Waals surface area (Å²) in [5.74, 6) is 1.96. The van der Waals surface area contributed by atoms with E-state index < -0.39 is 0 Å². The number of hydrogen-bond donors (Lipinski definition) is 0. The maximum absolute atomic E-state index is 12.8. The molecule has 1 amide bonds. The predicted molar refractivity (Wildman–Crippen MR) is 104 cm³/mol. The summed E-state index contributed by atoms with van der Waals surface area (Å²) in [5.41, 5.74) is 1.51. The highest BCUT2D eigenvalue weighted by Crippen LogP contribution is 2.31. The van der Waals surface area contributed by atoms with E-state index in [-0.39, 0.29) is 18.4 Å². The van der Waals surface area contributed by atoms with Gasteiger partial charge in [-0.1, -0.05) is 30.3 Å². The van der Waals surface area contributed by atoms with Crippen LogP contribution in [0.15, 0.2) is 65.3 Å². The normalized spacial score (nSPS) is 15.2. The fraction of sp³-hybridized carbons (Fsp3) is 0.273. The van der Waals surface area contributed by atoms with Crippen LogP contribution in [-0.4, -0.2) is 41.6 Å². The van der Waals surface area contributed by atoms with E-state index in [1.807, 2.05) is 61.5 Å². The van der Waals surface area contributed by atoms with E-state index in [1.165, 1.54) is 0 Å². The molecule has 144 valence electrons. The van der Waals surface area contributed by atoms with Gasteiger partial charge in [-0.2, -0.15) is 0 Å². The summed E-state index contributed by atoms with van der Waals surface area (Å²) in [6.07, 6.45) is 1.54. The lowest BCUT2D eigenvalue weighted by atomic mass is 10.2. The number of likely N-dealkylation sites (N-methyl/N-ethyl adjacent to an activating group) is 1. The number of ether oxygens (including phenoxy) is 2. The molecule has 0 bridgehead atoms. The van der Waals surface area contributed by atoms with E-state index in [4.69, 9.17) is 13.9 Å². The number of para-hydroxylation sites is 2. The Balaban J connectivity index is 1.38. The number of oxazole rings is 1. The molecule has 0 saturated carbocycles. The fourth-order valence-corrected chi connectivity index (χ4v) is 3.17. The molecule has 1 unspecified atom stereocenters. The van der Waals surface area contributed by atoms with Gasteiger partial charge in [0.05, 0.1) is 18.7 Å². The van der Waals surface area contributed by atoms with Crippen LogP contribution in [0.3, 0.4) is 0 Å². The van der Waals surface area contributed by atoms with Gasteiger partial charge < -0.3 is 18.8 Å². The Morgan fingerprint density at radius 1 is 1.11 bits per heavy atom. The van der Waals surface area contributed by atoms with E-state index in [9.17, 15) is 4.79 Å². The first kappa shape index (κ1) is 18.1. The summed E-state index contributed by atoms with van der Waals surface area (Å²) in [6, 6.07) is 17.2. The average molecular weight is 378 g/mol. The first-order valence-electron chi connectivity index (χ1n) is 9.39. The maximum Gasteiger partial charge on any atom is 0.228 e. The number of carbonyl (C=O) groups excluding carboxylic acids is 1. The Morgan fingerprint density at radius 3 is 2.64 bits per heavy atom. The van der Waals surface area contributed by atoms with Crippen LogP contribution in [0.1, 0.15) is 12.6 Å². The third kappa shape index (κ3) is 4.01. The summed E-state index contributed by atoms with van der Waals surface area (Å²) in [5, 5.41) is 0. The lowest BCUT2D eigenvalue weighted by molar-refractivity contribution is -0.131. The van der Waals surface area contributed by atoms with Gasteiger partial charge >= 0.3 is 0 Å². The second kappa shape index (κ2) is 8.17. The zero-order valence-corrected chi connectivity index (χ0v) is 15.7. The standard InChI is InChI=1S/C22H22N2O4/c1-2-24(13-18-15-26-19-10-6-7-11-20(19)28-18)21(25)12-17-14-27-22(23-17)16-8-4-3-5-9-16/h3-11,14,18H,2,12-13,15H2,1H3. The third-order valence-corrected chi connectivity index (χ3v) is 4.63. The number of nitrogens with zero attached hydrogens (tertiary/aromatic N) is 2. The molecule has 1 aliphatic rings. The smallest absolute Gasteiger partial charge is 0.228 e. The Morgan fingerprint density at radius 2 is 1.86 bits per heavy atom. The number of benzene rings is 2. The number of hydrogen-bond acceptors (Lipinski definition) is 5. The number of amides is 1. The van der Waals surface area contributed by atoms with Gasteiger partial charge in [0.25, 0.3) is 0 Å². The Hall–Kier alpha value is -3.28. The first-order valence-corrected chi connectivity index (χ1v) is 9.39. The van der Waals surface area contributed by atoms with Gasteiger partial charge in [-0.3, -0.25) is 4.79 Å². The maximum atomic E-state index is 12.8. The molecule has 0 spiro atoms. The molecule has 0 fully saturated rings. The van der Waals surface area contributed by atoms with Gasteiger partial charge in [0.1, 0.15) is 12.9 Å². The zero-order chi connectivity index (χ0) is 19.3. The Bertz CT molecular complexity index is 938. The predicted octanol–water partition coefficient (Wildman–Crippen LogP) is 3.57. The summed E-state index contributed by atoms with van der Waals surface area (Å²) in [4.78, 5) is 19.0. The van der Waals surface area contributed by atoms with Crippen molar-refractivity contribution in [3.63, 3.8) is 0 Å². The molecule has 1 atom stereocenters. The first-order chi connectivity index (χ1) is 13.7. The number of carbonyl (C=O) groups is 1. The molecule has 6 heteroatoms. The van der Waals surface area contributed by atoms with Crippen molar-refractivity contribution >= 4 is 5.91 Å². The molecule has 0 aliphatic carbocycles. The molecule has 6 nitrogen and oxygen atoms in total. The minimum absolute atomic E-state index is 0.0159. The van der Waals surface area contributed by atoms with Crippen LogP contribution in [0.2, 0.25) is 0 Å². The highest BCUT2D eigenvalue weighted by molar-refractivity contribution is 5.78.